The number of ether oxygens (including phenoxy) is 1. The molecule has 0 unspecified atom stereocenters. The van der Waals surface area contributed by atoms with Crippen LogP contribution in [0.5, 0.6) is 5.75 Å². The number of hydrogen-bond acceptors (Lipinski definition) is 5. The molecule has 0 atom stereocenters. The van der Waals surface area contributed by atoms with Crippen molar-refractivity contribution in [2.45, 2.75) is 18.9 Å². The Bertz CT molecular complexity index is 623. The second-order valence-electron chi connectivity index (χ2n) is 4.60. The molecule has 1 fully saturated rings. The van der Waals surface area contributed by atoms with Crippen molar-refractivity contribution in [1.82, 2.24) is 15.4 Å². The molecule has 6 nitrogen and oxygen atoms in total. The molecule has 20 heavy (non-hydrogen) atoms. The molecule has 1 aliphatic carbocycles. The summed E-state index contributed by atoms with van der Waals surface area (Å²) in [5.74, 6) is 5.46. The minimum Gasteiger partial charge on any atom is -0.490 e. The van der Waals surface area contributed by atoms with Gasteiger partial charge in [0.2, 0.25) is 0 Å². The van der Waals surface area contributed by atoms with Gasteiger partial charge in [-0.25, -0.2) is 10.8 Å². The summed E-state index contributed by atoms with van der Waals surface area (Å²) in [5.41, 5.74) is 3.70. The molecular weight excluding hydrogens is 256 g/mol. The van der Waals surface area contributed by atoms with Crippen LogP contribution in [0.2, 0.25) is 0 Å². The summed E-state index contributed by atoms with van der Waals surface area (Å²) in [6, 6.07) is 7.58. The van der Waals surface area contributed by atoms with Crippen LogP contribution in [0.25, 0.3) is 11.3 Å². The summed E-state index contributed by atoms with van der Waals surface area (Å²) in [5, 5.41) is 0. The second kappa shape index (κ2) is 5.26. The maximum absolute atomic E-state index is 11.4. The van der Waals surface area contributed by atoms with E-state index < -0.39 is 5.91 Å². The monoisotopic (exact) mass is 270 g/mol. The number of hydrogen-bond donors (Lipinski definition) is 2. The SMILES string of the molecule is NNC(=O)c1cncc(-c2ccc(OC3CC3)cc2)n1. The van der Waals surface area contributed by atoms with Crippen LogP contribution in [0.4, 0.5) is 0 Å². The minimum absolute atomic E-state index is 0.184. The molecular formula is C14H14N4O2. The summed E-state index contributed by atoms with van der Waals surface area (Å²) >= 11 is 0. The molecule has 3 N–H and O–H groups in total. The molecule has 1 heterocycles. The number of nitrogens with two attached hydrogens (primary N) is 1. The van der Waals surface area contributed by atoms with Crippen LogP contribution in [0.1, 0.15) is 23.3 Å². The second-order valence-corrected chi connectivity index (χ2v) is 4.60. The predicted octanol–water partition coefficient (Wildman–Crippen LogP) is 1.29. The average Bonchev–Trinajstić information content (AvgIpc) is 3.31. The smallest absolute Gasteiger partial charge is 0.285 e. The first kappa shape index (κ1) is 12.6. The van der Waals surface area contributed by atoms with Gasteiger partial charge < -0.3 is 4.74 Å². The zero-order valence-electron chi connectivity index (χ0n) is 10.7. The highest BCUT2D eigenvalue weighted by Gasteiger charge is 2.23. The van der Waals surface area contributed by atoms with E-state index >= 15 is 0 Å². The number of nitrogens with one attached hydrogen (secondary N) is 1. The summed E-state index contributed by atoms with van der Waals surface area (Å²) < 4.78 is 5.68. The molecule has 1 aromatic carbocycles. The molecule has 0 saturated heterocycles. The lowest BCUT2D eigenvalue weighted by molar-refractivity contribution is 0.0948. The number of nitrogen functional groups attached to an aromatic ring is 1. The summed E-state index contributed by atoms with van der Waals surface area (Å²) in [4.78, 5) is 19.6. The number of aromatic nitrogens is 2. The van der Waals surface area contributed by atoms with Gasteiger partial charge in [-0.2, -0.15) is 0 Å². The van der Waals surface area contributed by atoms with Crippen molar-refractivity contribution in [1.29, 1.82) is 0 Å². The quantitative estimate of drug-likeness (QED) is 0.496. The van der Waals surface area contributed by atoms with Crippen molar-refractivity contribution >= 4 is 5.91 Å². The van der Waals surface area contributed by atoms with Crippen LogP contribution < -0.4 is 16.0 Å². The van der Waals surface area contributed by atoms with Crippen molar-refractivity contribution < 1.29 is 9.53 Å². The third kappa shape index (κ3) is 2.75. The predicted molar refractivity (Wildman–Crippen MR) is 72.8 cm³/mol. The van der Waals surface area contributed by atoms with Crippen LogP contribution in [-0.2, 0) is 0 Å². The molecule has 102 valence electrons. The number of hydrazine groups is 1. The van der Waals surface area contributed by atoms with Gasteiger partial charge in [-0.15, -0.1) is 0 Å². The van der Waals surface area contributed by atoms with Gasteiger partial charge in [-0.1, -0.05) is 0 Å². The fourth-order valence-electron chi connectivity index (χ4n) is 1.77. The molecule has 1 aliphatic rings. The van der Waals surface area contributed by atoms with Gasteiger partial charge in [-0.05, 0) is 37.1 Å². The van der Waals surface area contributed by atoms with E-state index in [1.807, 2.05) is 29.7 Å². The maximum atomic E-state index is 11.4. The third-order valence-corrected chi connectivity index (χ3v) is 2.98. The van der Waals surface area contributed by atoms with Gasteiger partial charge in [-0.3, -0.25) is 15.2 Å². The molecule has 1 amide bonds. The van der Waals surface area contributed by atoms with Crippen LogP contribution in [-0.4, -0.2) is 22.0 Å². The molecule has 1 aromatic heterocycles. The standard InChI is InChI=1S/C14H14N4O2/c15-18-14(19)13-8-16-7-12(17-13)9-1-3-10(4-2-9)20-11-5-6-11/h1-4,7-8,11H,5-6,15H2,(H,18,19). The van der Waals surface area contributed by atoms with Gasteiger partial charge in [0, 0.05) is 5.56 Å². The zero-order chi connectivity index (χ0) is 13.9. The van der Waals surface area contributed by atoms with Crippen LogP contribution in [0, 0.1) is 0 Å². The van der Waals surface area contributed by atoms with Crippen LogP contribution in [0.3, 0.4) is 0 Å². The largest absolute Gasteiger partial charge is 0.490 e. The lowest BCUT2D eigenvalue weighted by Gasteiger charge is -2.06. The lowest BCUT2D eigenvalue weighted by atomic mass is 10.1. The Balaban J connectivity index is 1.82. The first-order chi connectivity index (χ1) is 9.76. The Morgan fingerprint density at radius 3 is 2.65 bits per heavy atom. The highest BCUT2D eigenvalue weighted by Crippen LogP contribution is 2.28. The minimum atomic E-state index is -0.465. The molecule has 3 rings (SSSR count). The Labute approximate surface area is 116 Å². The van der Waals surface area contributed by atoms with Gasteiger partial charge in [0.05, 0.1) is 24.2 Å². The van der Waals surface area contributed by atoms with Gasteiger partial charge in [0.25, 0.3) is 5.91 Å². The molecule has 6 heteroatoms. The topological polar surface area (TPSA) is 90.1 Å². The molecule has 0 spiro atoms. The first-order valence-electron chi connectivity index (χ1n) is 6.36. The highest BCUT2D eigenvalue weighted by molar-refractivity contribution is 5.91. The van der Waals surface area contributed by atoms with Crippen molar-refractivity contribution in [2.75, 3.05) is 0 Å². The molecule has 0 radical (unpaired) electrons. The molecule has 0 aliphatic heterocycles. The van der Waals surface area contributed by atoms with E-state index in [4.69, 9.17) is 10.6 Å². The number of nitrogens with zero attached hydrogens (tertiary/aromatic N) is 2. The number of rotatable bonds is 4. The van der Waals surface area contributed by atoms with Crippen molar-refractivity contribution in [3.63, 3.8) is 0 Å². The van der Waals surface area contributed by atoms with Crippen molar-refractivity contribution in [2.24, 2.45) is 5.84 Å². The van der Waals surface area contributed by atoms with E-state index in [1.54, 1.807) is 6.20 Å². The average molecular weight is 270 g/mol. The van der Waals surface area contributed by atoms with Gasteiger partial charge >= 0.3 is 0 Å². The summed E-state index contributed by atoms with van der Waals surface area (Å²) in [6.45, 7) is 0. The fraction of sp³-hybridized carbons (Fsp3) is 0.214. The highest BCUT2D eigenvalue weighted by atomic mass is 16.5. The normalized spacial score (nSPS) is 13.8. The Morgan fingerprint density at radius 2 is 2.00 bits per heavy atom. The Morgan fingerprint density at radius 1 is 1.25 bits per heavy atom. The molecule has 1 saturated carbocycles. The lowest BCUT2D eigenvalue weighted by Crippen LogP contribution is -2.30. The zero-order valence-corrected chi connectivity index (χ0v) is 10.7. The van der Waals surface area contributed by atoms with E-state index in [2.05, 4.69) is 9.97 Å². The number of amides is 1. The van der Waals surface area contributed by atoms with Crippen molar-refractivity contribution in [3.05, 3.63) is 42.4 Å². The van der Waals surface area contributed by atoms with E-state index in [0.29, 0.717) is 11.8 Å². The Kier molecular flexibility index (Phi) is 3.30. The molecule has 2 aromatic rings. The number of benzene rings is 1. The number of carbonyl (C=O) groups is 1. The summed E-state index contributed by atoms with van der Waals surface area (Å²) in [6.07, 6.45) is 5.60. The summed E-state index contributed by atoms with van der Waals surface area (Å²) in [7, 11) is 0. The number of carbonyl (C=O) groups excluding carboxylic acids is 1. The fourth-order valence-corrected chi connectivity index (χ4v) is 1.77. The van der Waals surface area contributed by atoms with Gasteiger partial charge in [0.1, 0.15) is 11.4 Å². The van der Waals surface area contributed by atoms with Crippen LogP contribution in [0.15, 0.2) is 36.7 Å². The Hall–Kier alpha value is -2.47. The van der Waals surface area contributed by atoms with E-state index in [9.17, 15) is 4.79 Å². The molecule has 0 bridgehead atoms. The van der Waals surface area contributed by atoms with Crippen molar-refractivity contribution in [3.8, 4) is 17.0 Å². The van der Waals surface area contributed by atoms with Crippen LogP contribution >= 0.6 is 0 Å². The van der Waals surface area contributed by atoms with E-state index in [1.165, 1.54) is 6.20 Å². The third-order valence-electron chi connectivity index (χ3n) is 2.98. The first-order valence-corrected chi connectivity index (χ1v) is 6.36. The van der Waals surface area contributed by atoms with E-state index in [-0.39, 0.29) is 5.69 Å². The van der Waals surface area contributed by atoms with Gasteiger partial charge in [0.15, 0.2) is 0 Å². The van der Waals surface area contributed by atoms with E-state index in [0.717, 1.165) is 24.2 Å². The maximum Gasteiger partial charge on any atom is 0.285 e.